The molecule has 1 aromatic heterocycles. The van der Waals surface area contributed by atoms with Crippen LogP contribution in [0.25, 0.3) is 5.69 Å². The van der Waals surface area contributed by atoms with Gasteiger partial charge in [-0.3, -0.25) is 0 Å². The van der Waals surface area contributed by atoms with E-state index in [1.807, 2.05) is 18.2 Å². The molecule has 0 atom stereocenters. The number of anilines is 1. The van der Waals surface area contributed by atoms with Crippen LogP contribution in [-0.2, 0) is 0 Å². The summed E-state index contributed by atoms with van der Waals surface area (Å²) < 4.78 is 7.80. The summed E-state index contributed by atoms with van der Waals surface area (Å²) in [6.07, 6.45) is 1.80. The summed E-state index contributed by atoms with van der Waals surface area (Å²) >= 11 is 3.39. The van der Waals surface area contributed by atoms with Crippen molar-refractivity contribution >= 4 is 21.7 Å². The molecule has 0 unspecified atom stereocenters. The first kappa shape index (κ1) is 10.0. The van der Waals surface area contributed by atoms with Gasteiger partial charge in [-0.2, -0.15) is 5.10 Å². The van der Waals surface area contributed by atoms with Crippen molar-refractivity contribution in [2.24, 2.45) is 0 Å². The maximum absolute atomic E-state index is 5.54. The second kappa shape index (κ2) is 3.94. The van der Waals surface area contributed by atoms with Crippen molar-refractivity contribution in [3.63, 3.8) is 0 Å². The van der Waals surface area contributed by atoms with Crippen LogP contribution in [0.1, 0.15) is 0 Å². The summed E-state index contributed by atoms with van der Waals surface area (Å²) in [7, 11) is 1.63. The fraction of sp³-hybridized carbons (Fsp3) is 0.100. The van der Waals surface area contributed by atoms with Gasteiger partial charge in [0.05, 0.1) is 17.3 Å². The molecule has 78 valence electrons. The molecule has 1 heterocycles. The number of nitrogens with zero attached hydrogens (tertiary/aromatic N) is 2. The highest BCUT2D eigenvalue weighted by Gasteiger charge is 2.03. The molecule has 0 aliphatic carbocycles. The predicted molar refractivity (Wildman–Crippen MR) is 62.2 cm³/mol. The van der Waals surface area contributed by atoms with Crippen LogP contribution >= 0.6 is 15.9 Å². The molecule has 0 aliphatic heterocycles. The molecule has 0 fully saturated rings. The molecular formula is C10H10BrN3O. The van der Waals surface area contributed by atoms with Crippen molar-refractivity contribution in [3.8, 4) is 11.4 Å². The minimum Gasteiger partial charge on any atom is -0.495 e. The number of benzene rings is 1. The van der Waals surface area contributed by atoms with Crippen LogP contribution in [0.2, 0.25) is 0 Å². The summed E-state index contributed by atoms with van der Waals surface area (Å²) in [5.74, 6) is 1.26. The molecule has 0 bridgehead atoms. The molecule has 2 aromatic rings. The minimum absolute atomic E-state index is 0.497. The molecular weight excluding hydrogens is 258 g/mol. The molecule has 0 radical (unpaired) electrons. The Labute approximate surface area is 95.8 Å². The summed E-state index contributed by atoms with van der Waals surface area (Å²) in [5, 5.41) is 4.11. The van der Waals surface area contributed by atoms with Gasteiger partial charge in [0.1, 0.15) is 11.6 Å². The number of aromatic nitrogens is 2. The molecule has 2 N–H and O–H groups in total. The fourth-order valence-corrected chi connectivity index (χ4v) is 1.68. The Morgan fingerprint density at radius 1 is 1.40 bits per heavy atom. The lowest BCUT2D eigenvalue weighted by atomic mass is 10.3. The van der Waals surface area contributed by atoms with E-state index < -0.39 is 0 Å². The molecule has 0 aliphatic rings. The van der Waals surface area contributed by atoms with Gasteiger partial charge >= 0.3 is 0 Å². The SMILES string of the molecule is COc1cc(-n2ccc(N)n2)ccc1Br. The highest BCUT2D eigenvalue weighted by atomic mass is 79.9. The van der Waals surface area contributed by atoms with Crippen LogP contribution in [0.3, 0.4) is 0 Å². The van der Waals surface area contributed by atoms with E-state index in [9.17, 15) is 0 Å². The zero-order chi connectivity index (χ0) is 10.8. The highest BCUT2D eigenvalue weighted by Crippen LogP contribution is 2.26. The van der Waals surface area contributed by atoms with Gasteiger partial charge in [-0.25, -0.2) is 4.68 Å². The van der Waals surface area contributed by atoms with Crippen LogP contribution in [-0.4, -0.2) is 16.9 Å². The Kier molecular flexibility index (Phi) is 2.64. The van der Waals surface area contributed by atoms with Crippen LogP contribution in [0.5, 0.6) is 5.75 Å². The van der Waals surface area contributed by atoms with Crippen LogP contribution in [0, 0.1) is 0 Å². The Bertz CT molecular complexity index is 481. The Hall–Kier alpha value is -1.49. The summed E-state index contributed by atoms with van der Waals surface area (Å²) in [6.45, 7) is 0. The standard InChI is InChI=1S/C10H10BrN3O/c1-15-9-6-7(2-3-8(9)11)14-5-4-10(12)13-14/h2-6H,1H3,(H2,12,13). The quantitative estimate of drug-likeness (QED) is 0.908. The van der Waals surface area contributed by atoms with Gasteiger partial charge < -0.3 is 10.5 Å². The van der Waals surface area contributed by atoms with Crippen molar-refractivity contribution in [2.75, 3.05) is 12.8 Å². The lowest BCUT2D eigenvalue weighted by molar-refractivity contribution is 0.412. The first-order valence-electron chi connectivity index (χ1n) is 4.36. The van der Waals surface area contributed by atoms with E-state index in [0.29, 0.717) is 5.82 Å². The average molecular weight is 268 g/mol. The zero-order valence-corrected chi connectivity index (χ0v) is 9.73. The average Bonchev–Trinajstić information content (AvgIpc) is 2.66. The normalized spacial score (nSPS) is 10.3. The molecule has 0 amide bonds. The maximum Gasteiger partial charge on any atom is 0.145 e. The number of ether oxygens (including phenoxy) is 1. The van der Waals surface area contributed by atoms with Gasteiger partial charge in [-0.15, -0.1) is 0 Å². The molecule has 0 saturated heterocycles. The zero-order valence-electron chi connectivity index (χ0n) is 8.14. The number of halogens is 1. The maximum atomic E-state index is 5.54. The minimum atomic E-state index is 0.497. The Balaban J connectivity index is 2.45. The topological polar surface area (TPSA) is 53.1 Å². The fourth-order valence-electron chi connectivity index (χ4n) is 1.27. The van der Waals surface area contributed by atoms with Crippen LogP contribution < -0.4 is 10.5 Å². The van der Waals surface area contributed by atoms with Crippen LogP contribution in [0.4, 0.5) is 5.82 Å². The third-order valence-corrected chi connectivity index (χ3v) is 2.66. The third kappa shape index (κ3) is 1.97. The van der Waals surface area contributed by atoms with Crippen molar-refractivity contribution in [2.45, 2.75) is 0 Å². The van der Waals surface area contributed by atoms with Crippen molar-refractivity contribution in [1.29, 1.82) is 0 Å². The monoisotopic (exact) mass is 267 g/mol. The highest BCUT2D eigenvalue weighted by molar-refractivity contribution is 9.10. The van der Waals surface area contributed by atoms with E-state index in [0.717, 1.165) is 15.9 Å². The molecule has 0 saturated carbocycles. The Morgan fingerprint density at radius 2 is 2.20 bits per heavy atom. The van der Waals surface area contributed by atoms with Gasteiger partial charge in [0.2, 0.25) is 0 Å². The van der Waals surface area contributed by atoms with Gasteiger partial charge in [-0.1, -0.05) is 0 Å². The number of nitrogens with two attached hydrogens (primary N) is 1. The third-order valence-electron chi connectivity index (χ3n) is 2.01. The van der Waals surface area contributed by atoms with Gasteiger partial charge in [-0.05, 0) is 28.1 Å². The van der Waals surface area contributed by atoms with E-state index in [-0.39, 0.29) is 0 Å². The lowest BCUT2D eigenvalue weighted by Crippen LogP contribution is -1.97. The second-order valence-corrected chi connectivity index (χ2v) is 3.86. The number of methoxy groups -OCH3 is 1. The van der Waals surface area contributed by atoms with E-state index >= 15 is 0 Å². The van der Waals surface area contributed by atoms with Crippen molar-refractivity contribution in [1.82, 2.24) is 9.78 Å². The van der Waals surface area contributed by atoms with E-state index in [1.165, 1.54) is 0 Å². The summed E-state index contributed by atoms with van der Waals surface area (Å²) in [4.78, 5) is 0. The molecule has 2 rings (SSSR count). The van der Waals surface area contributed by atoms with Crippen molar-refractivity contribution < 1.29 is 4.74 Å². The predicted octanol–water partition coefficient (Wildman–Crippen LogP) is 2.23. The van der Waals surface area contributed by atoms with Gasteiger partial charge in [0.15, 0.2) is 0 Å². The molecule has 4 nitrogen and oxygen atoms in total. The Morgan fingerprint density at radius 3 is 2.80 bits per heavy atom. The smallest absolute Gasteiger partial charge is 0.145 e. The van der Waals surface area contributed by atoms with Crippen molar-refractivity contribution in [3.05, 3.63) is 34.9 Å². The van der Waals surface area contributed by atoms with Crippen LogP contribution in [0.15, 0.2) is 34.9 Å². The summed E-state index contributed by atoms with van der Waals surface area (Å²) in [6, 6.07) is 7.47. The summed E-state index contributed by atoms with van der Waals surface area (Å²) in [5.41, 5.74) is 6.45. The largest absolute Gasteiger partial charge is 0.495 e. The number of nitrogen functional groups attached to an aromatic ring is 1. The molecule has 15 heavy (non-hydrogen) atoms. The number of rotatable bonds is 2. The second-order valence-electron chi connectivity index (χ2n) is 3.00. The lowest BCUT2D eigenvalue weighted by Gasteiger charge is -2.06. The van der Waals surface area contributed by atoms with Gasteiger partial charge in [0, 0.05) is 18.3 Å². The molecule has 1 aromatic carbocycles. The van der Waals surface area contributed by atoms with E-state index in [4.69, 9.17) is 10.5 Å². The first-order valence-corrected chi connectivity index (χ1v) is 5.15. The van der Waals surface area contributed by atoms with Gasteiger partial charge in [0.25, 0.3) is 0 Å². The number of hydrogen-bond donors (Lipinski definition) is 1. The van der Waals surface area contributed by atoms with E-state index in [2.05, 4.69) is 21.0 Å². The first-order chi connectivity index (χ1) is 7.20. The molecule has 0 spiro atoms. The van der Waals surface area contributed by atoms with E-state index in [1.54, 1.807) is 24.1 Å². The molecule has 5 heteroatoms. The number of hydrogen-bond acceptors (Lipinski definition) is 3.